The third kappa shape index (κ3) is 5.27. The van der Waals surface area contributed by atoms with Gasteiger partial charge in [0.2, 0.25) is 5.91 Å². The predicted molar refractivity (Wildman–Crippen MR) is 90.3 cm³/mol. The minimum absolute atomic E-state index is 0.0397. The van der Waals surface area contributed by atoms with Gasteiger partial charge in [0.25, 0.3) is 0 Å². The fourth-order valence-electron chi connectivity index (χ4n) is 2.56. The molecule has 0 spiro atoms. The number of ether oxygens (including phenoxy) is 1. The van der Waals surface area contributed by atoms with Gasteiger partial charge in [-0.3, -0.25) is 4.79 Å². The number of nitrogens with zero attached hydrogens (tertiary/aromatic N) is 1. The van der Waals surface area contributed by atoms with E-state index in [0.717, 1.165) is 24.1 Å². The monoisotopic (exact) mass is 318 g/mol. The number of likely N-dealkylation sites (tertiary alicyclic amines) is 1. The molecule has 0 aromatic heterocycles. The second kappa shape index (κ2) is 7.02. The lowest BCUT2D eigenvalue weighted by molar-refractivity contribution is -0.121. The first-order valence-corrected chi connectivity index (χ1v) is 8.10. The Labute approximate surface area is 138 Å². The van der Waals surface area contributed by atoms with E-state index in [2.05, 4.69) is 5.32 Å². The van der Waals surface area contributed by atoms with Gasteiger partial charge in [0.15, 0.2) is 0 Å². The van der Waals surface area contributed by atoms with Crippen molar-refractivity contribution >= 4 is 17.7 Å². The molecule has 5 heteroatoms. The molecule has 1 N–H and O–H groups in total. The number of benzene rings is 1. The van der Waals surface area contributed by atoms with E-state index < -0.39 is 5.60 Å². The second-order valence-electron chi connectivity index (χ2n) is 7.12. The van der Waals surface area contributed by atoms with Crippen LogP contribution in [0.15, 0.2) is 24.3 Å². The highest BCUT2D eigenvalue weighted by Gasteiger charge is 2.31. The van der Waals surface area contributed by atoms with E-state index in [0.29, 0.717) is 13.1 Å². The van der Waals surface area contributed by atoms with Crippen LogP contribution in [0.4, 0.5) is 10.5 Å². The van der Waals surface area contributed by atoms with Crippen molar-refractivity contribution in [2.24, 2.45) is 5.92 Å². The van der Waals surface area contributed by atoms with Gasteiger partial charge in [0.05, 0.1) is 5.92 Å². The van der Waals surface area contributed by atoms with Gasteiger partial charge in [-0.2, -0.15) is 0 Å². The number of amides is 2. The summed E-state index contributed by atoms with van der Waals surface area (Å²) >= 11 is 0. The number of nitrogens with one attached hydrogen (secondary N) is 1. The Bertz CT molecular complexity index is 561. The Morgan fingerprint density at radius 3 is 2.48 bits per heavy atom. The average molecular weight is 318 g/mol. The molecular weight excluding hydrogens is 292 g/mol. The molecule has 1 heterocycles. The van der Waals surface area contributed by atoms with Gasteiger partial charge in [-0.25, -0.2) is 4.79 Å². The maximum Gasteiger partial charge on any atom is 0.410 e. The Morgan fingerprint density at radius 1 is 1.22 bits per heavy atom. The van der Waals surface area contributed by atoms with Crippen molar-refractivity contribution in [2.45, 2.75) is 46.1 Å². The summed E-state index contributed by atoms with van der Waals surface area (Å²) in [5, 5.41) is 2.93. The minimum atomic E-state index is -0.520. The summed E-state index contributed by atoms with van der Waals surface area (Å²) < 4.78 is 5.39. The van der Waals surface area contributed by atoms with E-state index in [1.807, 2.05) is 52.0 Å². The molecule has 2 rings (SSSR count). The van der Waals surface area contributed by atoms with Crippen LogP contribution in [0.1, 0.15) is 39.2 Å². The van der Waals surface area contributed by atoms with Crippen molar-refractivity contribution in [1.82, 2.24) is 4.90 Å². The molecule has 1 unspecified atom stereocenters. The molecule has 5 nitrogen and oxygen atoms in total. The molecule has 1 aromatic carbocycles. The largest absolute Gasteiger partial charge is 0.444 e. The van der Waals surface area contributed by atoms with E-state index >= 15 is 0 Å². The third-order valence-electron chi connectivity index (χ3n) is 3.76. The van der Waals surface area contributed by atoms with Gasteiger partial charge in [-0.15, -0.1) is 0 Å². The number of carbonyl (C=O) groups excluding carboxylic acids is 2. The molecule has 1 atom stereocenters. The molecule has 1 saturated heterocycles. The molecule has 0 radical (unpaired) electrons. The smallest absolute Gasteiger partial charge is 0.410 e. The number of rotatable bonds is 2. The maximum atomic E-state index is 12.4. The summed E-state index contributed by atoms with van der Waals surface area (Å²) in [7, 11) is 0. The molecule has 126 valence electrons. The molecule has 1 aromatic rings. The number of hydrogen-bond acceptors (Lipinski definition) is 3. The van der Waals surface area contributed by atoms with Crippen LogP contribution in [0.2, 0.25) is 0 Å². The van der Waals surface area contributed by atoms with Crippen molar-refractivity contribution in [3.05, 3.63) is 29.8 Å². The first kappa shape index (κ1) is 17.3. The Kier molecular flexibility index (Phi) is 5.29. The van der Waals surface area contributed by atoms with E-state index in [9.17, 15) is 9.59 Å². The summed E-state index contributed by atoms with van der Waals surface area (Å²) in [6, 6.07) is 7.70. The first-order chi connectivity index (χ1) is 10.7. The molecule has 23 heavy (non-hydrogen) atoms. The molecule has 0 bridgehead atoms. The lowest BCUT2D eigenvalue weighted by Crippen LogP contribution is -2.45. The number of hydrogen-bond donors (Lipinski definition) is 1. The molecular formula is C18H26N2O3. The van der Waals surface area contributed by atoms with Crippen LogP contribution >= 0.6 is 0 Å². The number of aryl methyl sites for hydroxylation is 1. The SMILES string of the molecule is Cc1ccc(NC(=O)C2CCCN(C(=O)OC(C)(C)C)C2)cc1. The molecule has 0 saturated carbocycles. The van der Waals surface area contributed by atoms with E-state index in [4.69, 9.17) is 4.74 Å². The zero-order chi connectivity index (χ0) is 17.0. The quantitative estimate of drug-likeness (QED) is 0.906. The average Bonchev–Trinajstić information content (AvgIpc) is 2.48. The third-order valence-corrected chi connectivity index (χ3v) is 3.76. The fraction of sp³-hybridized carbons (Fsp3) is 0.556. The van der Waals surface area contributed by atoms with Gasteiger partial charge in [0.1, 0.15) is 5.60 Å². The van der Waals surface area contributed by atoms with Crippen molar-refractivity contribution < 1.29 is 14.3 Å². The van der Waals surface area contributed by atoms with Crippen LogP contribution in [0.5, 0.6) is 0 Å². The van der Waals surface area contributed by atoms with Gasteiger partial charge in [0, 0.05) is 18.8 Å². The van der Waals surface area contributed by atoms with Crippen molar-refractivity contribution in [1.29, 1.82) is 0 Å². The van der Waals surface area contributed by atoms with Crippen LogP contribution in [-0.4, -0.2) is 35.6 Å². The summed E-state index contributed by atoms with van der Waals surface area (Å²) in [5.41, 5.74) is 1.42. The first-order valence-electron chi connectivity index (χ1n) is 8.10. The molecule has 2 amide bonds. The van der Waals surface area contributed by atoms with Gasteiger partial charge in [-0.05, 0) is 52.7 Å². The lowest BCUT2D eigenvalue weighted by atomic mass is 9.97. The summed E-state index contributed by atoms with van der Waals surface area (Å²) in [5.74, 6) is -0.236. The lowest BCUT2D eigenvalue weighted by Gasteiger charge is -2.33. The number of carbonyl (C=O) groups is 2. The molecule has 1 aliphatic heterocycles. The second-order valence-corrected chi connectivity index (χ2v) is 7.12. The fourth-order valence-corrected chi connectivity index (χ4v) is 2.56. The normalized spacial score (nSPS) is 18.4. The van der Waals surface area contributed by atoms with E-state index in [1.165, 1.54) is 0 Å². The zero-order valence-corrected chi connectivity index (χ0v) is 14.4. The number of piperidine rings is 1. The van der Waals surface area contributed by atoms with Gasteiger partial charge < -0.3 is 15.0 Å². The highest BCUT2D eigenvalue weighted by Crippen LogP contribution is 2.21. The standard InChI is InChI=1S/C18H26N2O3/c1-13-7-9-15(10-8-13)19-16(21)14-6-5-11-20(12-14)17(22)23-18(2,3)4/h7-10,14H,5-6,11-12H2,1-4H3,(H,19,21). The molecule has 0 aliphatic carbocycles. The van der Waals surface area contributed by atoms with Crippen molar-refractivity contribution in [2.75, 3.05) is 18.4 Å². The topological polar surface area (TPSA) is 58.6 Å². The maximum absolute atomic E-state index is 12.4. The molecule has 1 aliphatic rings. The highest BCUT2D eigenvalue weighted by atomic mass is 16.6. The van der Waals surface area contributed by atoms with Gasteiger partial charge >= 0.3 is 6.09 Å². The van der Waals surface area contributed by atoms with Crippen molar-refractivity contribution in [3.63, 3.8) is 0 Å². The molecule has 1 fully saturated rings. The van der Waals surface area contributed by atoms with E-state index in [1.54, 1.807) is 4.90 Å². The summed E-state index contributed by atoms with van der Waals surface area (Å²) in [6.07, 6.45) is 1.26. The van der Waals surface area contributed by atoms with Crippen LogP contribution in [0.3, 0.4) is 0 Å². The van der Waals surface area contributed by atoms with Crippen LogP contribution in [0.25, 0.3) is 0 Å². The Balaban J connectivity index is 1.93. The Morgan fingerprint density at radius 2 is 1.87 bits per heavy atom. The van der Waals surface area contributed by atoms with Crippen LogP contribution in [-0.2, 0) is 9.53 Å². The van der Waals surface area contributed by atoms with Gasteiger partial charge in [-0.1, -0.05) is 17.7 Å². The van der Waals surface area contributed by atoms with Crippen molar-refractivity contribution in [3.8, 4) is 0 Å². The predicted octanol–water partition coefficient (Wildman–Crippen LogP) is 3.58. The summed E-state index contributed by atoms with van der Waals surface area (Å²) in [6.45, 7) is 8.59. The highest BCUT2D eigenvalue weighted by molar-refractivity contribution is 5.93. The van der Waals surface area contributed by atoms with E-state index in [-0.39, 0.29) is 17.9 Å². The zero-order valence-electron chi connectivity index (χ0n) is 14.4. The van der Waals surface area contributed by atoms with Crippen LogP contribution < -0.4 is 5.32 Å². The Hall–Kier alpha value is -2.04. The minimum Gasteiger partial charge on any atom is -0.444 e. The van der Waals surface area contributed by atoms with Crippen LogP contribution in [0, 0.1) is 12.8 Å². The number of anilines is 1. The summed E-state index contributed by atoms with van der Waals surface area (Å²) in [4.78, 5) is 26.2.